The summed E-state index contributed by atoms with van der Waals surface area (Å²) in [7, 11) is 1.12. The van der Waals surface area contributed by atoms with E-state index in [2.05, 4.69) is 98.9 Å². The normalized spacial score (nSPS) is 14.5. The molecule has 0 spiro atoms. The number of allylic oxidation sites excluding steroid dienone is 14. The van der Waals surface area contributed by atoms with E-state index in [1.807, 2.05) is 21.1 Å². The summed E-state index contributed by atoms with van der Waals surface area (Å²) in [5.74, 6) is -0.901. The molecule has 0 aromatic carbocycles. The number of nitrogens with zero attached hydrogens (tertiary/aromatic N) is 1. The van der Waals surface area contributed by atoms with Crippen molar-refractivity contribution in [2.24, 2.45) is 0 Å². The number of carbonyl (C=O) groups excluding carboxylic acids is 2. The highest BCUT2D eigenvalue weighted by Gasteiger charge is 2.21. The Kier molecular flexibility index (Phi) is 35.9. The Balaban J connectivity index is 4.48. The quantitative estimate of drug-likeness (QED) is 0.0201. The van der Waals surface area contributed by atoms with Crippen molar-refractivity contribution in [3.63, 3.8) is 0 Å². The second-order valence-corrected chi connectivity index (χ2v) is 16.4. The first-order valence-electron chi connectivity index (χ1n) is 21.3. The number of carbonyl (C=O) groups is 2. The standard InChI is InChI=1S/C46H78NO8P/c1-6-8-10-12-14-16-18-20-22-23-25-26-28-30-32-34-36-38-45(48)52-42-44(43-54-56(50,51)53-41-40-47(3,4)5)55-46(49)39-37-35-33-31-29-27-24-21-19-17-15-13-11-9-7-2/h9-12,15-18,21-24,26,28,44H,6-8,13-14,19-20,25,27,29-43H2,1-5H3/b11-9+,12-10+,17-15+,18-16+,23-22+,24-21+,28-26+/t44-/m1/s1. The third kappa shape index (κ3) is 40.8. The number of esters is 2. The first-order chi connectivity index (χ1) is 27.0. The maximum atomic E-state index is 12.7. The predicted octanol–water partition coefficient (Wildman–Crippen LogP) is 11.4. The zero-order valence-electron chi connectivity index (χ0n) is 35.8. The van der Waals surface area contributed by atoms with E-state index in [1.54, 1.807) is 0 Å². The summed E-state index contributed by atoms with van der Waals surface area (Å²) in [6, 6.07) is 0. The molecule has 0 heterocycles. The van der Waals surface area contributed by atoms with E-state index >= 15 is 0 Å². The van der Waals surface area contributed by atoms with Gasteiger partial charge in [-0.1, -0.05) is 131 Å². The molecule has 0 N–H and O–H groups in total. The monoisotopic (exact) mass is 804 g/mol. The van der Waals surface area contributed by atoms with Gasteiger partial charge in [0.25, 0.3) is 7.82 Å². The van der Waals surface area contributed by atoms with E-state index in [4.69, 9.17) is 18.5 Å². The molecule has 0 amide bonds. The molecule has 2 atom stereocenters. The van der Waals surface area contributed by atoms with Gasteiger partial charge in [-0.15, -0.1) is 0 Å². The number of hydrogen-bond acceptors (Lipinski definition) is 8. The summed E-state index contributed by atoms with van der Waals surface area (Å²) in [6.07, 6.45) is 47.5. The number of likely N-dealkylation sites (N-methyl/N-ethyl adjacent to an activating group) is 1. The maximum absolute atomic E-state index is 12.7. The Bertz CT molecular complexity index is 1230. The maximum Gasteiger partial charge on any atom is 0.306 e. The van der Waals surface area contributed by atoms with Gasteiger partial charge >= 0.3 is 11.9 Å². The molecular formula is C46H78NO8P. The lowest BCUT2D eigenvalue weighted by Gasteiger charge is -2.28. The summed E-state index contributed by atoms with van der Waals surface area (Å²) in [4.78, 5) is 37.5. The summed E-state index contributed by atoms with van der Waals surface area (Å²) >= 11 is 0. The van der Waals surface area contributed by atoms with E-state index in [9.17, 15) is 19.0 Å². The van der Waals surface area contributed by atoms with Crippen LogP contribution in [0.25, 0.3) is 0 Å². The number of ether oxygens (including phenoxy) is 2. The average Bonchev–Trinajstić information content (AvgIpc) is 3.15. The zero-order chi connectivity index (χ0) is 41.4. The van der Waals surface area contributed by atoms with Crippen molar-refractivity contribution < 1.29 is 42.1 Å². The smallest absolute Gasteiger partial charge is 0.306 e. The molecule has 1 unspecified atom stereocenters. The highest BCUT2D eigenvalue weighted by Crippen LogP contribution is 2.38. The van der Waals surface area contributed by atoms with Crippen LogP contribution >= 0.6 is 7.82 Å². The minimum Gasteiger partial charge on any atom is -0.756 e. The van der Waals surface area contributed by atoms with Crippen LogP contribution in [0.3, 0.4) is 0 Å². The van der Waals surface area contributed by atoms with Gasteiger partial charge in [-0.25, -0.2) is 0 Å². The molecule has 0 aliphatic heterocycles. The van der Waals surface area contributed by atoms with Crippen molar-refractivity contribution >= 4 is 19.8 Å². The Labute approximate surface area is 341 Å². The third-order valence-electron chi connectivity index (χ3n) is 8.38. The number of quaternary nitrogens is 1. The lowest BCUT2D eigenvalue weighted by molar-refractivity contribution is -0.870. The number of unbranched alkanes of at least 4 members (excludes halogenated alkanes) is 9. The summed E-state index contributed by atoms with van der Waals surface area (Å²) in [5.41, 5.74) is 0. The largest absolute Gasteiger partial charge is 0.756 e. The second-order valence-electron chi connectivity index (χ2n) is 15.0. The molecule has 0 aromatic rings. The van der Waals surface area contributed by atoms with Crippen molar-refractivity contribution in [2.75, 3.05) is 47.5 Å². The average molecular weight is 804 g/mol. The van der Waals surface area contributed by atoms with E-state index in [0.717, 1.165) is 96.3 Å². The van der Waals surface area contributed by atoms with Gasteiger partial charge in [0.05, 0.1) is 27.7 Å². The number of hydrogen-bond donors (Lipinski definition) is 0. The van der Waals surface area contributed by atoms with Crippen LogP contribution in [0.2, 0.25) is 0 Å². The van der Waals surface area contributed by atoms with Gasteiger partial charge in [0.1, 0.15) is 19.8 Å². The third-order valence-corrected chi connectivity index (χ3v) is 9.34. The Morgan fingerprint density at radius 3 is 1.54 bits per heavy atom. The number of phosphoric acid groups is 1. The predicted molar refractivity (Wildman–Crippen MR) is 231 cm³/mol. The van der Waals surface area contributed by atoms with Gasteiger partial charge in [-0.05, 0) is 83.5 Å². The fourth-order valence-corrected chi connectivity index (χ4v) is 5.80. The fourth-order valence-electron chi connectivity index (χ4n) is 5.07. The van der Waals surface area contributed by atoms with E-state index in [-0.39, 0.29) is 26.1 Å². The molecule has 0 aliphatic carbocycles. The van der Waals surface area contributed by atoms with Crippen LogP contribution in [0.15, 0.2) is 85.1 Å². The Morgan fingerprint density at radius 1 is 0.571 bits per heavy atom. The molecule has 9 nitrogen and oxygen atoms in total. The molecule has 0 rings (SSSR count). The van der Waals surface area contributed by atoms with Crippen LogP contribution in [-0.4, -0.2) is 70.0 Å². The van der Waals surface area contributed by atoms with E-state index in [1.165, 1.54) is 6.42 Å². The Hall–Kier alpha value is -2.81. The van der Waals surface area contributed by atoms with Gasteiger partial charge < -0.3 is 27.9 Å². The minimum absolute atomic E-state index is 0.0448. The molecule has 320 valence electrons. The van der Waals surface area contributed by atoms with Crippen molar-refractivity contribution in [1.29, 1.82) is 0 Å². The van der Waals surface area contributed by atoms with Crippen molar-refractivity contribution in [1.82, 2.24) is 0 Å². The highest BCUT2D eigenvalue weighted by atomic mass is 31.2. The highest BCUT2D eigenvalue weighted by molar-refractivity contribution is 7.45. The number of phosphoric ester groups is 1. The molecular weight excluding hydrogens is 725 g/mol. The van der Waals surface area contributed by atoms with Gasteiger partial charge in [0.2, 0.25) is 0 Å². The van der Waals surface area contributed by atoms with Crippen molar-refractivity contribution in [3.05, 3.63) is 85.1 Å². The van der Waals surface area contributed by atoms with Crippen molar-refractivity contribution in [2.45, 2.75) is 148 Å². The summed E-state index contributed by atoms with van der Waals surface area (Å²) in [5, 5.41) is 0. The van der Waals surface area contributed by atoms with Gasteiger partial charge in [-0.3, -0.25) is 14.2 Å². The lowest BCUT2D eigenvalue weighted by atomic mass is 10.1. The molecule has 0 aliphatic rings. The number of rotatable bonds is 37. The molecule has 0 radical (unpaired) electrons. The van der Waals surface area contributed by atoms with Crippen LogP contribution in [0.5, 0.6) is 0 Å². The topological polar surface area (TPSA) is 111 Å². The zero-order valence-corrected chi connectivity index (χ0v) is 36.7. The molecule has 0 bridgehead atoms. The first-order valence-corrected chi connectivity index (χ1v) is 22.8. The lowest BCUT2D eigenvalue weighted by Crippen LogP contribution is -2.37. The van der Waals surface area contributed by atoms with Crippen LogP contribution in [0.4, 0.5) is 0 Å². The molecule has 0 fully saturated rings. The Morgan fingerprint density at radius 2 is 1.02 bits per heavy atom. The fraction of sp³-hybridized carbons (Fsp3) is 0.652. The van der Waals surface area contributed by atoms with Crippen LogP contribution in [-0.2, 0) is 32.7 Å². The van der Waals surface area contributed by atoms with Crippen LogP contribution in [0, 0.1) is 0 Å². The first kappa shape index (κ1) is 53.2. The second kappa shape index (κ2) is 37.7. The van der Waals surface area contributed by atoms with Crippen LogP contribution < -0.4 is 4.89 Å². The van der Waals surface area contributed by atoms with E-state index < -0.39 is 32.5 Å². The van der Waals surface area contributed by atoms with Gasteiger partial charge in [0, 0.05) is 12.8 Å². The molecule has 0 saturated heterocycles. The molecule has 0 saturated carbocycles. The van der Waals surface area contributed by atoms with Gasteiger partial charge in [0.15, 0.2) is 6.10 Å². The van der Waals surface area contributed by atoms with Crippen molar-refractivity contribution in [3.8, 4) is 0 Å². The molecule has 0 aromatic heterocycles. The minimum atomic E-state index is -4.64. The van der Waals surface area contributed by atoms with Crippen LogP contribution in [0.1, 0.15) is 142 Å². The molecule has 10 heteroatoms. The summed E-state index contributed by atoms with van der Waals surface area (Å²) in [6.45, 7) is 3.96. The SMILES string of the molecule is CC/C=C/C/C=C/C/C=C/CCCCCCCC(=O)O[C@H](COC(=O)CCCCC/C=C/C/C=C/C/C=C/C/C=C/CCC)COP(=O)([O-])OCC[N+](C)(C)C. The summed E-state index contributed by atoms with van der Waals surface area (Å²) < 4.78 is 33.8. The van der Waals surface area contributed by atoms with E-state index in [0.29, 0.717) is 23.9 Å². The van der Waals surface area contributed by atoms with Gasteiger partial charge in [-0.2, -0.15) is 0 Å². The molecule has 56 heavy (non-hydrogen) atoms.